The third kappa shape index (κ3) is 5.96. The van der Waals surface area contributed by atoms with E-state index >= 15 is 0 Å². The molecule has 2 aromatic carbocycles. The zero-order valence-electron chi connectivity index (χ0n) is 18.3. The second-order valence-corrected chi connectivity index (χ2v) is 8.98. The van der Waals surface area contributed by atoms with Crippen LogP contribution in [0.3, 0.4) is 0 Å². The van der Waals surface area contributed by atoms with Crippen molar-refractivity contribution < 1.29 is 24.2 Å². The van der Waals surface area contributed by atoms with E-state index in [1.807, 2.05) is 63.2 Å². The first-order chi connectivity index (χ1) is 14.6. The zero-order valence-corrected chi connectivity index (χ0v) is 18.3. The number of carbonyl (C=O) groups is 3. The number of amides is 2. The molecule has 7 nitrogen and oxygen atoms in total. The van der Waals surface area contributed by atoms with E-state index in [4.69, 9.17) is 4.74 Å². The molecule has 0 unspecified atom stereocenters. The van der Waals surface area contributed by atoms with Gasteiger partial charge in [0.1, 0.15) is 11.6 Å². The quantitative estimate of drug-likeness (QED) is 0.762. The first-order valence-corrected chi connectivity index (χ1v) is 10.6. The maximum absolute atomic E-state index is 12.8. The molecule has 1 saturated heterocycles. The van der Waals surface area contributed by atoms with Gasteiger partial charge in [-0.1, -0.05) is 42.5 Å². The van der Waals surface area contributed by atoms with Gasteiger partial charge in [0.05, 0.1) is 0 Å². The van der Waals surface area contributed by atoms with Gasteiger partial charge in [-0.3, -0.25) is 4.79 Å². The van der Waals surface area contributed by atoms with Crippen LogP contribution >= 0.6 is 0 Å². The highest BCUT2D eigenvalue weighted by molar-refractivity contribution is 5.88. The average Bonchev–Trinajstić information content (AvgIpc) is 2.72. The molecule has 31 heavy (non-hydrogen) atoms. The molecule has 0 saturated carbocycles. The molecule has 1 aliphatic heterocycles. The molecule has 2 amide bonds. The lowest BCUT2D eigenvalue weighted by Gasteiger charge is -2.33. The number of aliphatic carboxylic acids is 1. The minimum Gasteiger partial charge on any atom is -0.480 e. The summed E-state index contributed by atoms with van der Waals surface area (Å²) in [5.74, 6) is -1.67. The molecule has 2 aromatic rings. The Morgan fingerprint density at radius 1 is 1.10 bits per heavy atom. The van der Waals surface area contributed by atoms with Gasteiger partial charge in [-0.2, -0.15) is 0 Å². The summed E-state index contributed by atoms with van der Waals surface area (Å²) < 4.78 is 5.38. The monoisotopic (exact) mass is 426 g/mol. The number of hydrogen-bond donors (Lipinski definition) is 2. The van der Waals surface area contributed by atoms with Gasteiger partial charge < -0.3 is 20.1 Å². The Hall–Kier alpha value is -3.09. The Morgan fingerprint density at radius 3 is 2.39 bits per heavy atom. The minimum absolute atomic E-state index is 0.208. The smallest absolute Gasteiger partial charge is 0.410 e. The molecule has 166 valence electrons. The molecule has 2 N–H and O–H groups in total. The fourth-order valence-electron chi connectivity index (χ4n) is 3.83. The molecule has 0 aromatic heterocycles. The number of rotatable bonds is 5. The van der Waals surface area contributed by atoms with Crippen LogP contribution in [-0.4, -0.2) is 52.7 Å². The van der Waals surface area contributed by atoms with Crippen LogP contribution in [0, 0.1) is 5.92 Å². The molecule has 0 bridgehead atoms. The molecular weight excluding hydrogens is 396 g/mol. The summed E-state index contributed by atoms with van der Waals surface area (Å²) >= 11 is 0. The fraction of sp³-hybridized carbons (Fsp3) is 0.458. The molecule has 1 aliphatic rings. The van der Waals surface area contributed by atoms with E-state index in [0.29, 0.717) is 25.9 Å². The van der Waals surface area contributed by atoms with Gasteiger partial charge in [0, 0.05) is 25.4 Å². The number of benzene rings is 2. The van der Waals surface area contributed by atoms with Crippen LogP contribution in [0.25, 0.3) is 10.8 Å². The second-order valence-electron chi connectivity index (χ2n) is 8.98. The SMILES string of the molecule is CC(C)(C)OC(=O)N1CCC(C(=O)N[C@H](Cc2cccc3ccccc23)C(=O)O)CC1. The van der Waals surface area contributed by atoms with Gasteiger partial charge in [-0.05, 0) is 49.9 Å². The van der Waals surface area contributed by atoms with E-state index in [2.05, 4.69) is 5.32 Å². The average molecular weight is 427 g/mol. The fourth-order valence-corrected chi connectivity index (χ4v) is 3.83. The number of ether oxygens (including phenoxy) is 1. The third-order valence-electron chi connectivity index (χ3n) is 5.44. The van der Waals surface area contributed by atoms with Crippen molar-refractivity contribution in [1.29, 1.82) is 0 Å². The van der Waals surface area contributed by atoms with E-state index < -0.39 is 17.6 Å². The van der Waals surface area contributed by atoms with E-state index in [-0.39, 0.29) is 24.3 Å². The lowest BCUT2D eigenvalue weighted by Crippen LogP contribution is -2.48. The van der Waals surface area contributed by atoms with Gasteiger partial charge in [-0.15, -0.1) is 0 Å². The number of fused-ring (bicyclic) bond motifs is 1. The summed E-state index contributed by atoms with van der Waals surface area (Å²) in [6.07, 6.45) is 0.780. The summed E-state index contributed by atoms with van der Waals surface area (Å²) in [7, 11) is 0. The summed E-state index contributed by atoms with van der Waals surface area (Å²) in [6.45, 7) is 6.26. The number of nitrogens with one attached hydrogen (secondary N) is 1. The van der Waals surface area contributed by atoms with Crippen molar-refractivity contribution in [2.24, 2.45) is 5.92 Å². The van der Waals surface area contributed by atoms with Crippen LogP contribution in [0.4, 0.5) is 4.79 Å². The van der Waals surface area contributed by atoms with Crippen molar-refractivity contribution in [3.05, 3.63) is 48.0 Å². The molecule has 3 rings (SSSR count). The minimum atomic E-state index is -1.06. The Morgan fingerprint density at radius 2 is 1.74 bits per heavy atom. The molecule has 1 fully saturated rings. The van der Waals surface area contributed by atoms with Crippen molar-refractivity contribution in [2.75, 3.05) is 13.1 Å². The molecule has 0 aliphatic carbocycles. The Kier molecular flexibility index (Phi) is 6.83. The highest BCUT2D eigenvalue weighted by Crippen LogP contribution is 2.22. The summed E-state index contributed by atoms with van der Waals surface area (Å²) in [5, 5.41) is 14.4. The first-order valence-electron chi connectivity index (χ1n) is 10.6. The van der Waals surface area contributed by atoms with Crippen LogP contribution in [0.15, 0.2) is 42.5 Å². The number of likely N-dealkylation sites (tertiary alicyclic amines) is 1. The van der Waals surface area contributed by atoms with E-state index in [1.54, 1.807) is 4.90 Å². The topological polar surface area (TPSA) is 95.9 Å². The predicted molar refractivity (Wildman–Crippen MR) is 118 cm³/mol. The van der Waals surface area contributed by atoms with Crippen molar-refractivity contribution in [2.45, 2.75) is 51.7 Å². The van der Waals surface area contributed by atoms with Crippen LogP contribution in [0.1, 0.15) is 39.2 Å². The van der Waals surface area contributed by atoms with Gasteiger partial charge >= 0.3 is 12.1 Å². The molecular formula is C24H30N2O5. The van der Waals surface area contributed by atoms with Gasteiger partial charge in [-0.25, -0.2) is 9.59 Å². The number of nitrogens with zero attached hydrogens (tertiary/aromatic N) is 1. The standard InChI is InChI=1S/C24H30N2O5/c1-24(2,3)31-23(30)26-13-11-17(12-14-26)21(27)25-20(22(28)29)15-18-9-6-8-16-7-4-5-10-19(16)18/h4-10,17,20H,11-15H2,1-3H3,(H,25,27)(H,28,29)/t20-/m1/s1. The molecule has 1 atom stereocenters. The van der Waals surface area contributed by atoms with Crippen molar-refractivity contribution in [1.82, 2.24) is 10.2 Å². The second kappa shape index (κ2) is 9.37. The largest absolute Gasteiger partial charge is 0.480 e. The van der Waals surface area contributed by atoms with Crippen LogP contribution in [0.2, 0.25) is 0 Å². The lowest BCUT2D eigenvalue weighted by atomic mass is 9.94. The molecule has 0 spiro atoms. The molecule has 1 heterocycles. The maximum Gasteiger partial charge on any atom is 0.410 e. The lowest BCUT2D eigenvalue weighted by molar-refractivity contribution is -0.142. The number of carboxylic acid groups (broad SMARTS) is 1. The highest BCUT2D eigenvalue weighted by Gasteiger charge is 2.32. The van der Waals surface area contributed by atoms with Crippen molar-refractivity contribution in [3.63, 3.8) is 0 Å². The third-order valence-corrected chi connectivity index (χ3v) is 5.44. The molecule has 7 heteroatoms. The Labute approximate surface area is 182 Å². The van der Waals surface area contributed by atoms with Gasteiger partial charge in [0.25, 0.3) is 0 Å². The van der Waals surface area contributed by atoms with Crippen LogP contribution in [0.5, 0.6) is 0 Å². The number of carbonyl (C=O) groups excluding carboxylic acids is 2. The summed E-state index contributed by atoms with van der Waals surface area (Å²) in [4.78, 5) is 38.4. The summed E-state index contributed by atoms with van der Waals surface area (Å²) in [5.41, 5.74) is 0.312. The van der Waals surface area contributed by atoms with E-state index in [0.717, 1.165) is 16.3 Å². The van der Waals surface area contributed by atoms with E-state index in [1.165, 1.54) is 0 Å². The summed E-state index contributed by atoms with van der Waals surface area (Å²) in [6, 6.07) is 12.5. The van der Waals surface area contributed by atoms with Crippen molar-refractivity contribution >= 4 is 28.7 Å². The van der Waals surface area contributed by atoms with Gasteiger partial charge in [0.15, 0.2) is 0 Å². The highest BCUT2D eigenvalue weighted by atomic mass is 16.6. The maximum atomic E-state index is 12.8. The van der Waals surface area contributed by atoms with Crippen molar-refractivity contribution in [3.8, 4) is 0 Å². The predicted octanol–water partition coefficient (Wildman–Crippen LogP) is 3.60. The van der Waals surface area contributed by atoms with Crippen LogP contribution in [-0.2, 0) is 20.7 Å². The number of piperidine rings is 1. The molecule has 0 radical (unpaired) electrons. The Bertz CT molecular complexity index is 953. The Balaban J connectivity index is 1.60. The zero-order chi connectivity index (χ0) is 22.6. The normalized spacial score (nSPS) is 16.0. The number of hydrogen-bond acceptors (Lipinski definition) is 4. The van der Waals surface area contributed by atoms with Crippen LogP contribution < -0.4 is 5.32 Å². The first kappa shape index (κ1) is 22.6. The van der Waals surface area contributed by atoms with E-state index in [9.17, 15) is 19.5 Å². The van der Waals surface area contributed by atoms with Gasteiger partial charge in [0.2, 0.25) is 5.91 Å². The number of carboxylic acids is 1.